The number of furan rings is 1. The number of carboxylic acid groups (broad SMARTS) is 1. The first-order valence-corrected chi connectivity index (χ1v) is 8.56. The van der Waals surface area contributed by atoms with Crippen molar-refractivity contribution in [2.75, 3.05) is 6.54 Å². The minimum absolute atomic E-state index is 0.0536. The maximum atomic E-state index is 12.8. The zero-order valence-corrected chi connectivity index (χ0v) is 14.4. The number of hydrogen-bond donors (Lipinski definition) is 1. The van der Waals surface area contributed by atoms with Gasteiger partial charge in [-0.1, -0.05) is 11.8 Å². The predicted molar refractivity (Wildman–Crippen MR) is 86.6 cm³/mol. The first-order valence-electron chi connectivity index (χ1n) is 7.68. The van der Waals surface area contributed by atoms with Crippen LogP contribution in [-0.2, 0) is 9.59 Å². The standard InChI is InChI=1S/C16H19NO6S/c1-10-5-3-7-17(10,16(21)22)14(19)9-13(24-11(2)18)15(20)12-6-4-8-23-12/h4,6,8,10,13H,3,5,7,9H2,1-2H3/p+1/t10-,13?,17?/m1/s1. The summed E-state index contributed by atoms with van der Waals surface area (Å²) in [5, 5.41) is 8.30. The number of rotatable bonds is 5. The maximum absolute atomic E-state index is 12.8. The second-order valence-corrected chi connectivity index (χ2v) is 7.28. The van der Waals surface area contributed by atoms with E-state index in [1.807, 2.05) is 0 Å². The first-order chi connectivity index (χ1) is 11.3. The summed E-state index contributed by atoms with van der Waals surface area (Å²) in [6.45, 7) is 3.24. The number of Topliss-reactive ketones (excluding diaryl/α,β-unsaturated/α-hetero) is 1. The molecule has 1 aliphatic rings. The van der Waals surface area contributed by atoms with E-state index in [-0.39, 0.29) is 29.9 Å². The summed E-state index contributed by atoms with van der Waals surface area (Å²) in [5.41, 5.74) is 0. The molecule has 0 saturated carbocycles. The number of thioether (sulfide) groups is 1. The summed E-state index contributed by atoms with van der Waals surface area (Å²) in [5.74, 6) is -0.979. The number of imide groups is 1. The Labute approximate surface area is 143 Å². The third-order valence-electron chi connectivity index (χ3n) is 4.40. The van der Waals surface area contributed by atoms with Crippen LogP contribution in [0, 0.1) is 0 Å². The fraction of sp³-hybridized carbons (Fsp3) is 0.500. The average molecular weight is 354 g/mol. The van der Waals surface area contributed by atoms with E-state index in [9.17, 15) is 24.3 Å². The highest BCUT2D eigenvalue weighted by Crippen LogP contribution is 2.31. The minimum Gasteiger partial charge on any atom is -0.461 e. The molecular weight excluding hydrogens is 334 g/mol. The van der Waals surface area contributed by atoms with Crippen LogP contribution >= 0.6 is 11.8 Å². The lowest BCUT2D eigenvalue weighted by molar-refractivity contribution is -0.792. The second-order valence-electron chi connectivity index (χ2n) is 5.90. The highest BCUT2D eigenvalue weighted by molar-refractivity contribution is 8.14. The highest BCUT2D eigenvalue weighted by atomic mass is 32.2. The lowest BCUT2D eigenvalue weighted by Crippen LogP contribution is -2.59. The zero-order valence-electron chi connectivity index (χ0n) is 13.6. The Morgan fingerprint density at radius 1 is 1.42 bits per heavy atom. The van der Waals surface area contributed by atoms with Crippen LogP contribution in [0.1, 0.15) is 43.7 Å². The van der Waals surface area contributed by atoms with Crippen LogP contribution in [0.3, 0.4) is 0 Å². The van der Waals surface area contributed by atoms with Crippen molar-refractivity contribution in [2.45, 2.75) is 44.4 Å². The van der Waals surface area contributed by atoms with E-state index in [1.54, 1.807) is 13.0 Å². The van der Waals surface area contributed by atoms with E-state index < -0.39 is 27.5 Å². The Hall–Kier alpha value is -1.93. The molecule has 1 fully saturated rings. The molecular formula is C16H20NO6S+. The van der Waals surface area contributed by atoms with Crippen molar-refractivity contribution < 1.29 is 33.2 Å². The molecule has 1 aromatic rings. The van der Waals surface area contributed by atoms with Gasteiger partial charge in [-0.25, -0.2) is 4.79 Å². The van der Waals surface area contributed by atoms with Gasteiger partial charge in [-0.15, -0.1) is 0 Å². The molecule has 0 aliphatic carbocycles. The van der Waals surface area contributed by atoms with E-state index in [4.69, 9.17) is 4.42 Å². The van der Waals surface area contributed by atoms with Crippen LogP contribution in [-0.4, -0.2) is 50.3 Å². The van der Waals surface area contributed by atoms with Crippen LogP contribution in [0.2, 0.25) is 0 Å². The second kappa shape index (κ2) is 7.31. The zero-order chi connectivity index (χ0) is 17.9. The maximum Gasteiger partial charge on any atom is 0.521 e. The molecule has 0 bridgehead atoms. The highest BCUT2D eigenvalue weighted by Gasteiger charge is 2.53. The number of carbonyl (C=O) groups is 4. The number of amides is 2. The van der Waals surface area contributed by atoms with E-state index in [0.29, 0.717) is 12.8 Å². The van der Waals surface area contributed by atoms with E-state index in [1.165, 1.54) is 19.3 Å². The van der Waals surface area contributed by atoms with E-state index in [2.05, 4.69) is 0 Å². The molecule has 2 unspecified atom stereocenters. The largest absolute Gasteiger partial charge is 0.521 e. The number of nitrogens with zero attached hydrogens (tertiary/aromatic N) is 1. The molecule has 0 spiro atoms. The van der Waals surface area contributed by atoms with Crippen molar-refractivity contribution >= 4 is 34.7 Å². The van der Waals surface area contributed by atoms with Gasteiger partial charge in [0.25, 0.3) is 0 Å². The monoisotopic (exact) mass is 354 g/mol. The van der Waals surface area contributed by atoms with Crippen molar-refractivity contribution in [3.63, 3.8) is 0 Å². The number of quaternary nitrogens is 1. The van der Waals surface area contributed by atoms with Crippen LogP contribution < -0.4 is 0 Å². The quantitative estimate of drug-likeness (QED) is 0.640. The SMILES string of the molecule is CC(=O)SC(CC(=O)[N+]1(C(=O)O)CCC[C@H]1C)C(=O)c1ccco1. The van der Waals surface area contributed by atoms with Crippen molar-refractivity contribution in [1.29, 1.82) is 0 Å². The molecule has 0 aromatic carbocycles. The Morgan fingerprint density at radius 2 is 2.12 bits per heavy atom. The van der Waals surface area contributed by atoms with Crippen molar-refractivity contribution in [1.82, 2.24) is 0 Å². The first kappa shape index (κ1) is 18.4. The molecule has 2 rings (SSSR count). The Kier molecular flexibility index (Phi) is 5.61. The molecule has 1 N–H and O–H groups in total. The molecule has 1 aromatic heterocycles. The molecule has 3 atom stereocenters. The fourth-order valence-corrected chi connectivity index (χ4v) is 3.98. The summed E-state index contributed by atoms with van der Waals surface area (Å²) in [6.07, 6.45) is 1.07. The molecule has 2 heterocycles. The molecule has 1 saturated heterocycles. The van der Waals surface area contributed by atoms with Gasteiger partial charge in [-0.2, -0.15) is 9.28 Å². The van der Waals surface area contributed by atoms with Gasteiger partial charge in [0.15, 0.2) is 10.9 Å². The van der Waals surface area contributed by atoms with Crippen LogP contribution in [0.15, 0.2) is 22.8 Å². The van der Waals surface area contributed by atoms with Crippen LogP contribution in [0.4, 0.5) is 4.79 Å². The van der Waals surface area contributed by atoms with Gasteiger partial charge < -0.3 is 9.52 Å². The smallest absolute Gasteiger partial charge is 0.461 e. The normalized spacial score (nSPS) is 24.5. The van der Waals surface area contributed by atoms with Crippen LogP contribution in [0.25, 0.3) is 0 Å². The predicted octanol–water partition coefficient (Wildman–Crippen LogP) is 2.70. The Morgan fingerprint density at radius 3 is 2.58 bits per heavy atom. The molecule has 0 radical (unpaired) electrons. The summed E-state index contributed by atoms with van der Waals surface area (Å²) in [4.78, 5) is 48.5. The summed E-state index contributed by atoms with van der Waals surface area (Å²) in [7, 11) is 0. The summed E-state index contributed by atoms with van der Waals surface area (Å²) in [6, 6.07) is 2.65. The van der Waals surface area contributed by atoms with Gasteiger partial charge in [-0.3, -0.25) is 9.59 Å². The molecule has 130 valence electrons. The topological polar surface area (TPSA) is 102 Å². The molecule has 2 amide bonds. The van der Waals surface area contributed by atoms with Gasteiger partial charge >= 0.3 is 12.0 Å². The summed E-state index contributed by atoms with van der Waals surface area (Å²) >= 11 is 0.732. The molecule has 8 heteroatoms. The fourth-order valence-electron chi connectivity index (χ4n) is 3.13. The number of hydrogen-bond acceptors (Lipinski definition) is 6. The van der Waals surface area contributed by atoms with Crippen molar-refractivity contribution in [3.8, 4) is 0 Å². The minimum atomic E-state index is -1.21. The number of likely N-dealkylation sites (tertiary alicyclic amines) is 1. The number of ketones is 1. The van der Waals surface area contributed by atoms with E-state index in [0.717, 1.165) is 11.8 Å². The molecule has 24 heavy (non-hydrogen) atoms. The van der Waals surface area contributed by atoms with Gasteiger partial charge in [0.1, 0.15) is 6.04 Å². The summed E-state index contributed by atoms with van der Waals surface area (Å²) < 4.78 is 4.37. The third-order valence-corrected chi connectivity index (χ3v) is 5.39. The third kappa shape index (κ3) is 3.44. The van der Waals surface area contributed by atoms with Crippen molar-refractivity contribution in [2.24, 2.45) is 0 Å². The van der Waals surface area contributed by atoms with Gasteiger partial charge in [0.2, 0.25) is 5.78 Å². The molecule has 1 aliphatic heterocycles. The Balaban J connectivity index is 2.25. The molecule has 7 nitrogen and oxygen atoms in total. The van der Waals surface area contributed by atoms with E-state index >= 15 is 0 Å². The lowest BCUT2D eigenvalue weighted by atomic mass is 10.1. The van der Waals surface area contributed by atoms with Gasteiger partial charge in [0, 0.05) is 19.8 Å². The van der Waals surface area contributed by atoms with Crippen LogP contribution in [0.5, 0.6) is 0 Å². The van der Waals surface area contributed by atoms with Gasteiger partial charge in [-0.05, 0) is 19.1 Å². The van der Waals surface area contributed by atoms with Gasteiger partial charge in [0.05, 0.1) is 24.5 Å². The lowest BCUT2D eigenvalue weighted by Gasteiger charge is -2.30. The average Bonchev–Trinajstić information content (AvgIpc) is 3.14. The number of carbonyl (C=O) groups excluding carboxylic acids is 3. The Bertz CT molecular complexity index is 656. The van der Waals surface area contributed by atoms with Crippen molar-refractivity contribution in [3.05, 3.63) is 24.2 Å².